The fourth-order valence-electron chi connectivity index (χ4n) is 2.15. The number of nitrogens with one attached hydrogen (secondary N) is 1. The van der Waals surface area contributed by atoms with E-state index in [0.29, 0.717) is 15.7 Å². The molecule has 22 heavy (non-hydrogen) atoms. The van der Waals surface area contributed by atoms with Crippen LogP contribution in [-0.4, -0.2) is 10.9 Å². The third-order valence-electron chi connectivity index (χ3n) is 3.34. The van der Waals surface area contributed by atoms with Crippen molar-refractivity contribution in [1.82, 2.24) is 4.98 Å². The van der Waals surface area contributed by atoms with E-state index in [1.165, 1.54) is 11.3 Å². The van der Waals surface area contributed by atoms with Gasteiger partial charge in [0.2, 0.25) is 0 Å². The summed E-state index contributed by atoms with van der Waals surface area (Å²) in [5, 5.41) is 3.88. The maximum atomic E-state index is 12.4. The molecule has 0 aliphatic rings. The van der Waals surface area contributed by atoms with Crippen LogP contribution in [0.1, 0.15) is 21.5 Å². The van der Waals surface area contributed by atoms with Crippen molar-refractivity contribution in [3.8, 4) is 0 Å². The third-order valence-corrected chi connectivity index (χ3v) is 5.44. The van der Waals surface area contributed by atoms with E-state index < -0.39 is 0 Å². The summed E-state index contributed by atoms with van der Waals surface area (Å²) in [5.74, 6) is -0.238. The maximum absolute atomic E-state index is 12.4. The van der Waals surface area contributed by atoms with E-state index >= 15 is 0 Å². The zero-order valence-electron chi connectivity index (χ0n) is 11.9. The summed E-state index contributed by atoms with van der Waals surface area (Å²) in [6.45, 7) is 4.06. The molecule has 0 unspecified atom stereocenters. The van der Waals surface area contributed by atoms with Gasteiger partial charge in [0.25, 0.3) is 5.91 Å². The second-order valence-corrected chi connectivity index (χ2v) is 7.63. The first kappa shape index (κ1) is 15.7. The molecule has 3 rings (SSSR count). The van der Waals surface area contributed by atoms with Crippen molar-refractivity contribution in [3.63, 3.8) is 0 Å². The zero-order valence-corrected chi connectivity index (χ0v) is 15.6. The van der Waals surface area contributed by atoms with Crippen LogP contribution in [0, 0.1) is 17.4 Å². The van der Waals surface area contributed by atoms with E-state index in [1.54, 1.807) is 12.1 Å². The predicted molar refractivity (Wildman–Crippen MR) is 101 cm³/mol. The number of thiazole rings is 1. The molecular formula is C16H12ClIN2OS. The van der Waals surface area contributed by atoms with Gasteiger partial charge in [-0.05, 0) is 65.8 Å². The van der Waals surface area contributed by atoms with E-state index in [1.807, 2.05) is 26.0 Å². The second-order valence-electron chi connectivity index (χ2n) is 4.97. The third kappa shape index (κ3) is 2.98. The van der Waals surface area contributed by atoms with Crippen molar-refractivity contribution in [2.24, 2.45) is 0 Å². The highest BCUT2D eigenvalue weighted by molar-refractivity contribution is 14.1. The van der Waals surface area contributed by atoms with Gasteiger partial charge in [-0.15, -0.1) is 0 Å². The van der Waals surface area contributed by atoms with Gasteiger partial charge in [0, 0.05) is 3.57 Å². The Hall–Kier alpha value is -1.18. The maximum Gasteiger partial charge on any atom is 0.258 e. The second kappa shape index (κ2) is 6.14. The molecule has 1 heterocycles. The molecule has 1 N–H and O–H groups in total. The molecule has 3 nitrogen and oxygen atoms in total. The number of aryl methyl sites for hydroxylation is 2. The van der Waals surface area contributed by atoms with Crippen LogP contribution in [0.15, 0.2) is 30.3 Å². The van der Waals surface area contributed by atoms with Gasteiger partial charge in [0.15, 0.2) is 5.13 Å². The minimum absolute atomic E-state index is 0.238. The molecule has 1 aromatic heterocycles. The molecule has 0 spiro atoms. The molecular weight excluding hydrogens is 431 g/mol. The Labute approximate surface area is 150 Å². The van der Waals surface area contributed by atoms with Gasteiger partial charge < -0.3 is 0 Å². The molecule has 1 amide bonds. The van der Waals surface area contributed by atoms with Gasteiger partial charge in [0.05, 0.1) is 20.8 Å². The van der Waals surface area contributed by atoms with Crippen molar-refractivity contribution in [2.75, 3.05) is 5.32 Å². The lowest BCUT2D eigenvalue weighted by atomic mass is 10.1. The lowest BCUT2D eigenvalue weighted by molar-refractivity contribution is 0.102. The summed E-state index contributed by atoms with van der Waals surface area (Å²) < 4.78 is 2.06. The zero-order chi connectivity index (χ0) is 15.9. The van der Waals surface area contributed by atoms with Crippen LogP contribution in [-0.2, 0) is 0 Å². The first-order chi connectivity index (χ1) is 10.5. The van der Waals surface area contributed by atoms with Crippen LogP contribution >= 0.6 is 45.5 Å². The number of carbonyl (C=O) groups excluding carboxylic acids is 1. The highest BCUT2D eigenvalue weighted by atomic mass is 127. The van der Waals surface area contributed by atoms with Crippen molar-refractivity contribution >= 4 is 66.8 Å². The number of hydrogen-bond donors (Lipinski definition) is 1. The summed E-state index contributed by atoms with van der Waals surface area (Å²) in [7, 11) is 0. The van der Waals surface area contributed by atoms with Crippen molar-refractivity contribution in [2.45, 2.75) is 13.8 Å². The van der Waals surface area contributed by atoms with Crippen LogP contribution in [0.2, 0.25) is 5.02 Å². The number of hydrogen-bond acceptors (Lipinski definition) is 3. The Bertz CT molecular complexity index is 852. The van der Waals surface area contributed by atoms with Crippen LogP contribution in [0.25, 0.3) is 10.2 Å². The van der Waals surface area contributed by atoms with Crippen molar-refractivity contribution < 1.29 is 4.79 Å². The number of rotatable bonds is 2. The lowest BCUT2D eigenvalue weighted by Crippen LogP contribution is -2.12. The quantitative estimate of drug-likeness (QED) is 0.538. The van der Waals surface area contributed by atoms with Crippen LogP contribution < -0.4 is 5.32 Å². The minimum atomic E-state index is -0.238. The molecule has 0 bridgehead atoms. The fraction of sp³-hybridized carbons (Fsp3) is 0.125. The Morgan fingerprint density at radius 3 is 2.68 bits per heavy atom. The monoisotopic (exact) mass is 442 g/mol. The molecule has 0 radical (unpaired) electrons. The number of nitrogens with zero attached hydrogens (tertiary/aromatic N) is 1. The van der Waals surface area contributed by atoms with Gasteiger partial charge in [-0.2, -0.15) is 0 Å². The summed E-state index contributed by atoms with van der Waals surface area (Å²) in [5.41, 5.74) is 3.66. The fourth-order valence-corrected chi connectivity index (χ4v) is 3.85. The summed E-state index contributed by atoms with van der Waals surface area (Å²) in [6.07, 6.45) is 0. The van der Waals surface area contributed by atoms with Crippen molar-refractivity contribution in [1.29, 1.82) is 0 Å². The number of carbonyl (C=O) groups is 1. The minimum Gasteiger partial charge on any atom is -0.298 e. The Kier molecular flexibility index (Phi) is 4.38. The van der Waals surface area contributed by atoms with E-state index in [-0.39, 0.29) is 5.91 Å². The van der Waals surface area contributed by atoms with Gasteiger partial charge >= 0.3 is 0 Å². The molecule has 0 saturated heterocycles. The van der Waals surface area contributed by atoms with Crippen LogP contribution in [0.5, 0.6) is 0 Å². The number of halogens is 2. The average Bonchev–Trinajstić information content (AvgIpc) is 2.90. The van der Waals surface area contributed by atoms with E-state index in [2.05, 4.69) is 39.0 Å². The van der Waals surface area contributed by atoms with Crippen molar-refractivity contribution in [3.05, 3.63) is 55.6 Å². The highest BCUT2D eigenvalue weighted by Crippen LogP contribution is 2.31. The molecule has 0 aliphatic carbocycles. The van der Waals surface area contributed by atoms with E-state index in [9.17, 15) is 4.79 Å². The van der Waals surface area contributed by atoms with Gasteiger partial charge in [-0.25, -0.2) is 4.98 Å². The number of amides is 1. The first-order valence-electron chi connectivity index (χ1n) is 6.59. The number of anilines is 1. The summed E-state index contributed by atoms with van der Waals surface area (Å²) in [6, 6.07) is 9.47. The number of benzene rings is 2. The smallest absolute Gasteiger partial charge is 0.258 e. The molecule has 3 aromatic rings. The van der Waals surface area contributed by atoms with Crippen LogP contribution in [0.4, 0.5) is 5.13 Å². The molecule has 0 aliphatic heterocycles. The highest BCUT2D eigenvalue weighted by Gasteiger charge is 2.14. The first-order valence-corrected chi connectivity index (χ1v) is 8.86. The molecule has 0 saturated carbocycles. The Morgan fingerprint density at radius 1 is 1.23 bits per heavy atom. The standard InChI is InChI=1S/C16H12ClIN2OS/c1-8-3-4-9(2)14-13(8)19-16(22-14)20-15(21)11-7-10(18)5-6-12(11)17/h3-7H,1-2H3,(H,19,20,21). The Balaban J connectivity index is 1.96. The normalized spacial score (nSPS) is 10.9. The van der Waals surface area contributed by atoms with Gasteiger partial charge in [-0.3, -0.25) is 10.1 Å². The van der Waals surface area contributed by atoms with Gasteiger partial charge in [-0.1, -0.05) is 35.1 Å². The molecule has 0 atom stereocenters. The lowest BCUT2D eigenvalue weighted by Gasteiger charge is -2.04. The molecule has 0 fully saturated rings. The summed E-state index contributed by atoms with van der Waals surface area (Å²) >= 11 is 9.74. The average molecular weight is 443 g/mol. The molecule has 6 heteroatoms. The van der Waals surface area contributed by atoms with E-state index in [0.717, 1.165) is 24.9 Å². The summed E-state index contributed by atoms with van der Waals surface area (Å²) in [4.78, 5) is 16.9. The Morgan fingerprint density at radius 2 is 1.95 bits per heavy atom. The molecule has 2 aromatic carbocycles. The topological polar surface area (TPSA) is 42.0 Å². The number of fused-ring (bicyclic) bond motifs is 1. The largest absolute Gasteiger partial charge is 0.298 e. The van der Waals surface area contributed by atoms with Crippen LogP contribution in [0.3, 0.4) is 0 Å². The predicted octanol–water partition coefficient (Wildman–Crippen LogP) is 5.42. The van der Waals surface area contributed by atoms with E-state index in [4.69, 9.17) is 11.6 Å². The van der Waals surface area contributed by atoms with Gasteiger partial charge in [0.1, 0.15) is 0 Å². The SMILES string of the molecule is Cc1ccc(C)c2sc(NC(=O)c3cc(I)ccc3Cl)nc12. The molecule has 112 valence electrons. The number of aromatic nitrogens is 1.